The molecule has 0 saturated carbocycles. The van der Waals surface area contributed by atoms with Crippen LogP contribution in [0.3, 0.4) is 0 Å². The van der Waals surface area contributed by atoms with E-state index in [1.54, 1.807) is 11.6 Å². The zero-order valence-electron chi connectivity index (χ0n) is 13.9. The van der Waals surface area contributed by atoms with Gasteiger partial charge in [-0.05, 0) is 31.2 Å². The van der Waals surface area contributed by atoms with E-state index in [0.29, 0.717) is 18.3 Å². The Bertz CT molecular complexity index is 1000. The first-order valence-corrected chi connectivity index (χ1v) is 7.91. The van der Waals surface area contributed by atoms with E-state index in [2.05, 4.69) is 31.6 Å². The van der Waals surface area contributed by atoms with Crippen molar-refractivity contribution in [2.75, 3.05) is 0 Å². The van der Waals surface area contributed by atoms with E-state index in [1.807, 2.05) is 49.5 Å². The summed E-state index contributed by atoms with van der Waals surface area (Å²) in [5.74, 6) is 1.09. The highest BCUT2D eigenvalue weighted by Crippen LogP contribution is 2.24. The van der Waals surface area contributed by atoms with Crippen LogP contribution in [0.25, 0.3) is 22.5 Å². The number of benzene rings is 1. The van der Waals surface area contributed by atoms with Gasteiger partial charge in [0.25, 0.3) is 0 Å². The standard InChI is InChI=1S/C18H16N6O/c1-12-6-7-16(21-19-12)14-4-3-5-15(10-14)17-8-9-24(23-17)11-18-22-20-13(2)25-18/h3-10H,11H2,1-2H3. The minimum atomic E-state index is 0.448. The van der Waals surface area contributed by atoms with Crippen LogP contribution in [0.4, 0.5) is 0 Å². The number of aryl methyl sites for hydroxylation is 2. The Morgan fingerprint density at radius 1 is 0.880 bits per heavy atom. The molecule has 0 N–H and O–H groups in total. The van der Waals surface area contributed by atoms with Crippen molar-refractivity contribution in [2.24, 2.45) is 0 Å². The fourth-order valence-corrected chi connectivity index (χ4v) is 2.53. The van der Waals surface area contributed by atoms with Gasteiger partial charge in [-0.2, -0.15) is 15.3 Å². The molecule has 0 radical (unpaired) electrons. The Kier molecular flexibility index (Phi) is 3.81. The van der Waals surface area contributed by atoms with E-state index in [0.717, 1.165) is 28.2 Å². The summed E-state index contributed by atoms with van der Waals surface area (Å²) in [6.45, 7) is 4.14. The van der Waals surface area contributed by atoms with Gasteiger partial charge in [-0.3, -0.25) is 4.68 Å². The minimum Gasteiger partial charge on any atom is -0.424 e. The molecule has 0 aliphatic heterocycles. The van der Waals surface area contributed by atoms with Gasteiger partial charge in [-0.25, -0.2) is 0 Å². The lowest BCUT2D eigenvalue weighted by molar-refractivity contribution is 0.444. The molecule has 4 rings (SSSR count). The summed E-state index contributed by atoms with van der Waals surface area (Å²) in [6, 6.07) is 14.0. The molecular formula is C18H16N6O. The Labute approximate surface area is 144 Å². The van der Waals surface area contributed by atoms with Gasteiger partial charge in [0.2, 0.25) is 11.8 Å². The largest absolute Gasteiger partial charge is 0.424 e. The predicted molar refractivity (Wildman–Crippen MR) is 91.6 cm³/mol. The summed E-state index contributed by atoms with van der Waals surface area (Å²) in [7, 11) is 0. The molecule has 7 nitrogen and oxygen atoms in total. The summed E-state index contributed by atoms with van der Waals surface area (Å²) in [4.78, 5) is 0. The highest BCUT2D eigenvalue weighted by Gasteiger charge is 2.08. The topological polar surface area (TPSA) is 82.5 Å². The maximum atomic E-state index is 5.39. The van der Waals surface area contributed by atoms with Gasteiger partial charge in [0.05, 0.1) is 17.1 Å². The van der Waals surface area contributed by atoms with Crippen molar-refractivity contribution >= 4 is 0 Å². The van der Waals surface area contributed by atoms with E-state index in [9.17, 15) is 0 Å². The van der Waals surface area contributed by atoms with E-state index in [-0.39, 0.29) is 0 Å². The summed E-state index contributed by atoms with van der Waals surface area (Å²) >= 11 is 0. The zero-order valence-corrected chi connectivity index (χ0v) is 13.9. The Hall–Kier alpha value is -3.35. The Morgan fingerprint density at radius 3 is 2.44 bits per heavy atom. The van der Waals surface area contributed by atoms with Crippen LogP contribution in [-0.4, -0.2) is 30.2 Å². The maximum Gasteiger partial charge on any atom is 0.237 e. The molecule has 3 aromatic heterocycles. The molecule has 0 unspecified atom stereocenters. The molecule has 0 bridgehead atoms. The number of aromatic nitrogens is 6. The lowest BCUT2D eigenvalue weighted by Gasteiger charge is -2.03. The summed E-state index contributed by atoms with van der Waals surface area (Å²) in [5, 5.41) is 20.8. The van der Waals surface area contributed by atoms with Crippen molar-refractivity contribution < 1.29 is 4.42 Å². The van der Waals surface area contributed by atoms with Crippen molar-refractivity contribution in [3.8, 4) is 22.5 Å². The average Bonchev–Trinajstić information content (AvgIpc) is 3.25. The SMILES string of the molecule is Cc1ccc(-c2cccc(-c3ccn(Cc4nnc(C)o4)n3)c2)nn1. The van der Waals surface area contributed by atoms with Crippen molar-refractivity contribution in [2.45, 2.75) is 20.4 Å². The highest BCUT2D eigenvalue weighted by molar-refractivity contribution is 5.69. The molecule has 0 aliphatic carbocycles. The number of hydrogen-bond donors (Lipinski definition) is 0. The fraction of sp³-hybridized carbons (Fsp3) is 0.167. The molecule has 3 heterocycles. The van der Waals surface area contributed by atoms with Crippen LogP contribution in [0, 0.1) is 13.8 Å². The third-order valence-corrected chi connectivity index (χ3v) is 3.76. The van der Waals surface area contributed by atoms with Crippen LogP contribution >= 0.6 is 0 Å². The quantitative estimate of drug-likeness (QED) is 0.571. The van der Waals surface area contributed by atoms with E-state index >= 15 is 0 Å². The molecule has 0 saturated heterocycles. The first kappa shape index (κ1) is 15.2. The number of rotatable bonds is 4. The van der Waals surface area contributed by atoms with Crippen molar-refractivity contribution in [3.05, 3.63) is 66.1 Å². The van der Waals surface area contributed by atoms with Gasteiger partial charge in [0.1, 0.15) is 6.54 Å². The molecule has 124 valence electrons. The monoisotopic (exact) mass is 332 g/mol. The lowest BCUT2D eigenvalue weighted by atomic mass is 10.1. The first-order valence-electron chi connectivity index (χ1n) is 7.91. The fourth-order valence-electron chi connectivity index (χ4n) is 2.53. The maximum absolute atomic E-state index is 5.39. The summed E-state index contributed by atoms with van der Waals surface area (Å²) in [6.07, 6.45) is 1.90. The van der Waals surface area contributed by atoms with Crippen molar-refractivity contribution in [1.29, 1.82) is 0 Å². The van der Waals surface area contributed by atoms with E-state index in [4.69, 9.17) is 4.42 Å². The van der Waals surface area contributed by atoms with Crippen LogP contribution < -0.4 is 0 Å². The van der Waals surface area contributed by atoms with Crippen LogP contribution in [0.2, 0.25) is 0 Å². The predicted octanol–water partition coefficient (Wildman–Crippen LogP) is 3.06. The van der Waals surface area contributed by atoms with Gasteiger partial charge in [0, 0.05) is 24.2 Å². The molecule has 25 heavy (non-hydrogen) atoms. The van der Waals surface area contributed by atoms with Crippen molar-refractivity contribution in [1.82, 2.24) is 30.2 Å². The third kappa shape index (κ3) is 3.30. The number of nitrogens with zero attached hydrogens (tertiary/aromatic N) is 6. The summed E-state index contributed by atoms with van der Waals surface area (Å²) < 4.78 is 7.17. The van der Waals surface area contributed by atoms with Gasteiger partial charge in [0.15, 0.2) is 0 Å². The molecule has 1 aromatic carbocycles. The van der Waals surface area contributed by atoms with E-state index < -0.39 is 0 Å². The summed E-state index contributed by atoms with van der Waals surface area (Å²) in [5.41, 5.74) is 4.63. The minimum absolute atomic E-state index is 0.448. The molecule has 0 fully saturated rings. The normalized spacial score (nSPS) is 11.0. The van der Waals surface area contributed by atoms with Crippen LogP contribution in [0.15, 0.2) is 53.1 Å². The first-order chi connectivity index (χ1) is 12.2. The van der Waals surface area contributed by atoms with Crippen LogP contribution in [0.5, 0.6) is 0 Å². The molecule has 0 spiro atoms. The zero-order chi connectivity index (χ0) is 17.2. The molecular weight excluding hydrogens is 316 g/mol. The molecule has 0 aliphatic rings. The van der Waals surface area contributed by atoms with Gasteiger partial charge in [-0.1, -0.05) is 18.2 Å². The van der Waals surface area contributed by atoms with Crippen molar-refractivity contribution in [3.63, 3.8) is 0 Å². The molecule has 0 atom stereocenters. The molecule has 0 amide bonds. The Morgan fingerprint density at radius 2 is 1.72 bits per heavy atom. The second-order valence-electron chi connectivity index (χ2n) is 5.75. The third-order valence-electron chi connectivity index (χ3n) is 3.76. The van der Waals surface area contributed by atoms with Crippen LogP contribution in [-0.2, 0) is 6.54 Å². The smallest absolute Gasteiger partial charge is 0.237 e. The van der Waals surface area contributed by atoms with Crippen LogP contribution in [0.1, 0.15) is 17.5 Å². The number of hydrogen-bond acceptors (Lipinski definition) is 6. The van der Waals surface area contributed by atoms with E-state index in [1.165, 1.54) is 0 Å². The second kappa shape index (κ2) is 6.27. The van der Waals surface area contributed by atoms with Gasteiger partial charge < -0.3 is 4.42 Å². The van der Waals surface area contributed by atoms with Gasteiger partial charge >= 0.3 is 0 Å². The average molecular weight is 332 g/mol. The second-order valence-corrected chi connectivity index (χ2v) is 5.75. The highest BCUT2D eigenvalue weighted by atomic mass is 16.4. The molecule has 4 aromatic rings. The Balaban J connectivity index is 1.60. The molecule has 7 heteroatoms. The van der Waals surface area contributed by atoms with Gasteiger partial charge in [-0.15, -0.1) is 10.2 Å². The lowest BCUT2D eigenvalue weighted by Crippen LogP contribution is -2.00.